The highest BCUT2D eigenvalue weighted by Crippen LogP contribution is 2.23. The smallest absolute Gasteiger partial charge is 0.335 e. The van der Waals surface area contributed by atoms with Gasteiger partial charge in [0, 0.05) is 0 Å². The van der Waals surface area contributed by atoms with E-state index < -0.39 is 17.8 Å². The number of carbonyl (C=O) groups is 3. The predicted molar refractivity (Wildman–Crippen MR) is 97.8 cm³/mol. The number of nitrogens with one attached hydrogen (secondary N) is 1. The molecule has 0 saturated carbocycles. The second kappa shape index (κ2) is 7.23. The minimum atomic E-state index is -0.757. The first kappa shape index (κ1) is 17.4. The molecule has 0 aromatic heterocycles. The molecule has 3 rings (SSSR count). The van der Waals surface area contributed by atoms with Crippen LogP contribution in [0.1, 0.15) is 18.1 Å². The molecule has 132 valence electrons. The highest BCUT2D eigenvalue weighted by molar-refractivity contribution is 6.39. The molecule has 1 aliphatic rings. The first-order valence-corrected chi connectivity index (χ1v) is 8.20. The molecule has 1 heterocycles. The van der Waals surface area contributed by atoms with Crippen LogP contribution in [0.3, 0.4) is 0 Å². The Kier molecular flexibility index (Phi) is 4.84. The average molecular weight is 350 g/mol. The van der Waals surface area contributed by atoms with Crippen LogP contribution in [0, 0.1) is 6.92 Å². The molecule has 6 nitrogen and oxygen atoms in total. The molecule has 1 fully saturated rings. The van der Waals surface area contributed by atoms with Crippen LogP contribution in [0.5, 0.6) is 5.75 Å². The number of nitrogens with zero attached hydrogens (tertiary/aromatic N) is 1. The fourth-order valence-corrected chi connectivity index (χ4v) is 2.58. The topological polar surface area (TPSA) is 75.7 Å². The second-order valence-electron chi connectivity index (χ2n) is 5.80. The number of hydrogen-bond acceptors (Lipinski definition) is 4. The summed E-state index contributed by atoms with van der Waals surface area (Å²) in [4.78, 5) is 38.0. The van der Waals surface area contributed by atoms with Crippen molar-refractivity contribution in [1.82, 2.24) is 5.32 Å². The van der Waals surface area contributed by atoms with E-state index in [2.05, 4.69) is 5.32 Å². The van der Waals surface area contributed by atoms with Gasteiger partial charge in [0.05, 0.1) is 12.3 Å². The van der Waals surface area contributed by atoms with Gasteiger partial charge >= 0.3 is 6.03 Å². The molecule has 0 bridgehead atoms. The van der Waals surface area contributed by atoms with Crippen molar-refractivity contribution in [3.05, 3.63) is 65.2 Å². The number of carbonyl (C=O) groups excluding carboxylic acids is 3. The third kappa shape index (κ3) is 3.49. The van der Waals surface area contributed by atoms with Crippen LogP contribution in [0.4, 0.5) is 10.5 Å². The van der Waals surface area contributed by atoms with Gasteiger partial charge in [-0.2, -0.15) is 0 Å². The van der Waals surface area contributed by atoms with E-state index in [0.717, 1.165) is 10.5 Å². The Labute approximate surface area is 151 Å². The summed E-state index contributed by atoms with van der Waals surface area (Å²) in [6, 6.07) is 13.1. The van der Waals surface area contributed by atoms with Crippen LogP contribution in [0.2, 0.25) is 0 Å². The van der Waals surface area contributed by atoms with E-state index in [1.807, 2.05) is 13.8 Å². The standard InChI is InChI=1S/C20H18N2O4/c1-3-26-16-10-6-14(7-11-16)12-17-18(23)21-20(25)22(19(17)24)15-8-4-13(2)5-9-15/h4-12H,3H2,1-2H3,(H,21,23,25)/b17-12+. The number of barbiturate groups is 1. The van der Waals surface area contributed by atoms with Crippen LogP contribution >= 0.6 is 0 Å². The summed E-state index contributed by atoms with van der Waals surface area (Å²) in [5, 5.41) is 2.21. The van der Waals surface area contributed by atoms with Crippen molar-refractivity contribution < 1.29 is 19.1 Å². The Balaban J connectivity index is 1.93. The minimum absolute atomic E-state index is 0.102. The van der Waals surface area contributed by atoms with Crippen LogP contribution < -0.4 is 15.0 Å². The quantitative estimate of drug-likeness (QED) is 0.679. The number of imide groups is 2. The average Bonchev–Trinajstić information content (AvgIpc) is 2.62. The molecule has 6 heteroatoms. The maximum absolute atomic E-state index is 12.8. The maximum Gasteiger partial charge on any atom is 0.335 e. The van der Waals surface area contributed by atoms with Crippen molar-refractivity contribution in [3.8, 4) is 5.75 Å². The van der Waals surface area contributed by atoms with E-state index in [4.69, 9.17) is 4.74 Å². The third-order valence-electron chi connectivity index (χ3n) is 3.90. The SMILES string of the molecule is CCOc1ccc(/C=C2\C(=O)NC(=O)N(c3ccc(C)cc3)C2=O)cc1. The zero-order valence-corrected chi connectivity index (χ0v) is 14.5. The van der Waals surface area contributed by atoms with E-state index in [9.17, 15) is 14.4 Å². The van der Waals surface area contributed by atoms with Gasteiger partial charge in [0.15, 0.2) is 0 Å². The normalized spacial score (nSPS) is 16.0. The van der Waals surface area contributed by atoms with E-state index in [-0.39, 0.29) is 5.57 Å². The number of anilines is 1. The van der Waals surface area contributed by atoms with Crippen molar-refractivity contribution in [3.63, 3.8) is 0 Å². The molecular formula is C20H18N2O4. The lowest BCUT2D eigenvalue weighted by atomic mass is 10.1. The predicted octanol–water partition coefficient (Wildman–Crippen LogP) is 3.06. The minimum Gasteiger partial charge on any atom is -0.494 e. The molecular weight excluding hydrogens is 332 g/mol. The van der Waals surface area contributed by atoms with Gasteiger partial charge in [-0.25, -0.2) is 9.69 Å². The van der Waals surface area contributed by atoms with Gasteiger partial charge in [-0.15, -0.1) is 0 Å². The van der Waals surface area contributed by atoms with E-state index in [0.29, 0.717) is 23.6 Å². The zero-order chi connectivity index (χ0) is 18.7. The number of amides is 4. The summed E-state index contributed by atoms with van der Waals surface area (Å²) in [5.74, 6) is -0.667. The number of hydrogen-bond donors (Lipinski definition) is 1. The molecule has 1 N–H and O–H groups in total. The summed E-state index contributed by atoms with van der Waals surface area (Å²) in [6.45, 7) is 4.34. The fourth-order valence-electron chi connectivity index (χ4n) is 2.58. The molecule has 1 saturated heterocycles. The number of aryl methyl sites for hydroxylation is 1. The number of benzene rings is 2. The van der Waals surface area contributed by atoms with E-state index in [1.165, 1.54) is 6.08 Å². The number of rotatable bonds is 4. The Morgan fingerprint density at radius 2 is 1.65 bits per heavy atom. The molecule has 2 aromatic rings. The lowest BCUT2D eigenvalue weighted by molar-refractivity contribution is -0.122. The Bertz CT molecular complexity index is 883. The lowest BCUT2D eigenvalue weighted by Gasteiger charge is -2.26. The zero-order valence-electron chi connectivity index (χ0n) is 14.5. The molecule has 0 unspecified atom stereocenters. The van der Waals surface area contributed by atoms with Gasteiger partial charge in [0.25, 0.3) is 11.8 Å². The Hall–Kier alpha value is -3.41. The molecule has 1 aliphatic heterocycles. The maximum atomic E-state index is 12.8. The molecule has 26 heavy (non-hydrogen) atoms. The summed E-state index contributed by atoms with van der Waals surface area (Å²) in [5.41, 5.74) is 1.96. The van der Waals surface area contributed by atoms with Gasteiger partial charge in [-0.05, 0) is 49.8 Å². The van der Waals surface area contributed by atoms with E-state index >= 15 is 0 Å². The number of urea groups is 1. The van der Waals surface area contributed by atoms with Gasteiger partial charge in [0.2, 0.25) is 0 Å². The lowest BCUT2D eigenvalue weighted by Crippen LogP contribution is -2.54. The van der Waals surface area contributed by atoms with E-state index in [1.54, 1.807) is 48.5 Å². The molecule has 0 spiro atoms. The second-order valence-corrected chi connectivity index (χ2v) is 5.80. The highest BCUT2D eigenvalue weighted by atomic mass is 16.5. The Morgan fingerprint density at radius 1 is 1.00 bits per heavy atom. The summed E-state index contributed by atoms with van der Waals surface area (Å²) >= 11 is 0. The van der Waals surface area contributed by atoms with Crippen molar-refractivity contribution in [2.45, 2.75) is 13.8 Å². The summed E-state index contributed by atoms with van der Waals surface area (Å²) in [6.07, 6.45) is 1.46. The van der Waals surface area contributed by atoms with Crippen molar-refractivity contribution in [2.75, 3.05) is 11.5 Å². The monoisotopic (exact) mass is 350 g/mol. The van der Waals surface area contributed by atoms with Gasteiger partial charge in [-0.1, -0.05) is 29.8 Å². The summed E-state index contributed by atoms with van der Waals surface area (Å²) in [7, 11) is 0. The largest absolute Gasteiger partial charge is 0.494 e. The van der Waals surface area contributed by atoms with Gasteiger partial charge in [-0.3, -0.25) is 14.9 Å². The Morgan fingerprint density at radius 3 is 2.27 bits per heavy atom. The van der Waals surface area contributed by atoms with Crippen LogP contribution in [-0.4, -0.2) is 24.5 Å². The van der Waals surface area contributed by atoms with Crippen molar-refractivity contribution >= 4 is 29.6 Å². The van der Waals surface area contributed by atoms with Crippen LogP contribution in [0.25, 0.3) is 6.08 Å². The first-order chi connectivity index (χ1) is 12.5. The van der Waals surface area contributed by atoms with Crippen LogP contribution in [-0.2, 0) is 9.59 Å². The van der Waals surface area contributed by atoms with Crippen LogP contribution in [0.15, 0.2) is 54.1 Å². The molecule has 0 radical (unpaired) electrons. The van der Waals surface area contributed by atoms with Crippen molar-refractivity contribution in [2.24, 2.45) is 0 Å². The fraction of sp³-hybridized carbons (Fsp3) is 0.150. The highest BCUT2D eigenvalue weighted by Gasteiger charge is 2.36. The summed E-state index contributed by atoms with van der Waals surface area (Å²) < 4.78 is 5.37. The number of ether oxygens (including phenoxy) is 1. The van der Waals surface area contributed by atoms with Crippen molar-refractivity contribution in [1.29, 1.82) is 0 Å². The third-order valence-corrected chi connectivity index (χ3v) is 3.90. The first-order valence-electron chi connectivity index (χ1n) is 8.20. The van der Waals surface area contributed by atoms with Gasteiger partial charge < -0.3 is 4.74 Å². The molecule has 4 amide bonds. The molecule has 0 atom stereocenters. The molecule has 0 aliphatic carbocycles. The molecule has 2 aromatic carbocycles. The van der Waals surface area contributed by atoms with Gasteiger partial charge in [0.1, 0.15) is 11.3 Å².